The van der Waals surface area contributed by atoms with Crippen molar-refractivity contribution in [3.8, 4) is 0 Å². The lowest BCUT2D eigenvalue weighted by Gasteiger charge is -2.11. The van der Waals surface area contributed by atoms with Crippen molar-refractivity contribution in [1.29, 1.82) is 0 Å². The minimum atomic E-state index is -0.248. The smallest absolute Gasteiger partial charge is 0.333 e. The summed E-state index contributed by atoms with van der Waals surface area (Å²) in [5.41, 5.74) is 0.497. The minimum absolute atomic E-state index is 0.248. The highest BCUT2D eigenvalue weighted by Crippen LogP contribution is 2.20. The Morgan fingerprint density at radius 1 is 0.385 bits per heavy atom. The van der Waals surface area contributed by atoms with Crippen LogP contribution < -0.4 is 0 Å². The monoisotopic (exact) mass is 731 g/mol. The molecule has 0 saturated carbocycles. The van der Waals surface area contributed by atoms with Crippen LogP contribution in [0.15, 0.2) is 12.2 Å². The molecule has 0 aliphatic rings. The first kappa shape index (κ1) is 51.2. The largest absolute Gasteiger partial charge is 0.462 e. The van der Waals surface area contributed by atoms with E-state index in [4.69, 9.17) is 4.74 Å². The average molecular weight is 731 g/mol. The van der Waals surface area contributed by atoms with Crippen molar-refractivity contribution in [2.45, 2.75) is 290 Å². The number of esters is 1. The SMILES string of the molecule is C=C(C)C(=O)OCCCCCCCCCCCCCCCCCCCCCCCCCCCCC(C)CCCCCCCCCCCCCCCC. The Hall–Kier alpha value is -0.790. The van der Waals surface area contributed by atoms with Crippen LogP contribution in [0.25, 0.3) is 0 Å². The molecule has 1 atom stereocenters. The molecule has 0 aliphatic carbocycles. The second-order valence-electron chi connectivity index (χ2n) is 17.4. The van der Waals surface area contributed by atoms with Crippen LogP contribution in [0.1, 0.15) is 290 Å². The fourth-order valence-corrected chi connectivity index (χ4v) is 7.96. The summed E-state index contributed by atoms with van der Waals surface area (Å²) in [6, 6.07) is 0. The lowest BCUT2D eigenvalue weighted by atomic mass is 9.95. The molecule has 0 aromatic rings. The van der Waals surface area contributed by atoms with E-state index in [1.54, 1.807) is 6.92 Å². The fourth-order valence-electron chi connectivity index (χ4n) is 7.96. The standard InChI is InChI=1S/C50H98O2/c1-5-6-7-8-9-10-11-12-27-30-33-36-39-42-45-49(4)46-43-40-37-34-31-28-25-23-21-19-17-15-13-14-16-18-20-22-24-26-29-32-35-38-41-44-47-52-50(51)48(2)3/h49H,2,5-47H2,1,3-4H3. The lowest BCUT2D eigenvalue weighted by Crippen LogP contribution is -2.05. The van der Waals surface area contributed by atoms with E-state index in [2.05, 4.69) is 20.4 Å². The molecule has 2 nitrogen and oxygen atoms in total. The van der Waals surface area contributed by atoms with Gasteiger partial charge in [-0.25, -0.2) is 4.79 Å². The molecule has 0 fully saturated rings. The van der Waals surface area contributed by atoms with Crippen molar-refractivity contribution in [3.63, 3.8) is 0 Å². The van der Waals surface area contributed by atoms with Crippen LogP contribution in [0.2, 0.25) is 0 Å². The zero-order valence-corrected chi connectivity index (χ0v) is 36.5. The van der Waals surface area contributed by atoms with Crippen LogP contribution in [-0.4, -0.2) is 12.6 Å². The number of hydrogen-bond acceptors (Lipinski definition) is 2. The van der Waals surface area contributed by atoms with Crippen LogP contribution in [0.3, 0.4) is 0 Å². The highest BCUT2D eigenvalue weighted by atomic mass is 16.5. The molecule has 1 unspecified atom stereocenters. The van der Waals surface area contributed by atoms with Crippen LogP contribution >= 0.6 is 0 Å². The number of hydrogen-bond donors (Lipinski definition) is 0. The molecule has 0 saturated heterocycles. The second-order valence-corrected chi connectivity index (χ2v) is 17.4. The molecule has 0 spiro atoms. The van der Waals surface area contributed by atoms with Gasteiger partial charge in [0.05, 0.1) is 6.61 Å². The Labute approximate surface area is 329 Å². The summed E-state index contributed by atoms with van der Waals surface area (Å²) in [6.45, 7) is 10.7. The van der Waals surface area contributed by atoms with Gasteiger partial charge in [0.25, 0.3) is 0 Å². The summed E-state index contributed by atoms with van der Waals surface area (Å²) in [5.74, 6) is 0.706. The third kappa shape index (κ3) is 43.6. The maximum atomic E-state index is 11.3. The van der Waals surface area contributed by atoms with E-state index in [9.17, 15) is 4.79 Å². The minimum Gasteiger partial charge on any atom is -0.462 e. The molecule has 0 bridgehead atoms. The van der Waals surface area contributed by atoms with Gasteiger partial charge < -0.3 is 4.74 Å². The summed E-state index contributed by atoms with van der Waals surface area (Å²) >= 11 is 0. The number of ether oxygens (including phenoxy) is 1. The molecule has 0 N–H and O–H groups in total. The average Bonchev–Trinajstić information content (AvgIpc) is 3.14. The van der Waals surface area contributed by atoms with Gasteiger partial charge in [0.15, 0.2) is 0 Å². The Bertz CT molecular complexity index is 698. The van der Waals surface area contributed by atoms with E-state index in [1.807, 2.05) is 0 Å². The first-order valence-electron chi connectivity index (χ1n) is 24.4. The van der Waals surface area contributed by atoms with Crippen molar-refractivity contribution in [2.75, 3.05) is 6.61 Å². The predicted molar refractivity (Wildman–Crippen MR) is 235 cm³/mol. The van der Waals surface area contributed by atoms with Gasteiger partial charge in [-0.3, -0.25) is 0 Å². The predicted octanol–water partition coefficient (Wildman–Crippen LogP) is 18.1. The number of unbranched alkanes of at least 4 members (excludes halogenated alkanes) is 38. The molecule has 0 aromatic heterocycles. The number of carbonyl (C=O) groups excluding carboxylic acids is 1. The van der Waals surface area contributed by atoms with E-state index in [1.165, 1.54) is 263 Å². The van der Waals surface area contributed by atoms with E-state index in [0.29, 0.717) is 12.2 Å². The first-order chi connectivity index (χ1) is 25.6. The third-order valence-electron chi connectivity index (χ3n) is 11.7. The molecular formula is C50H98O2. The van der Waals surface area contributed by atoms with Crippen molar-refractivity contribution in [3.05, 3.63) is 12.2 Å². The van der Waals surface area contributed by atoms with Crippen molar-refractivity contribution < 1.29 is 9.53 Å². The van der Waals surface area contributed by atoms with E-state index >= 15 is 0 Å². The van der Waals surface area contributed by atoms with Gasteiger partial charge in [-0.05, 0) is 19.3 Å². The van der Waals surface area contributed by atoms with Crippen LogP contribution in [-0.2, 0) is 9.53 Å². The fraction of sp³-hybridized carbons (Fsp3) is 0.940. The van der Waals surface area contributed by atoms with Gasteiger partial charge >= 0.3 is 5.97 Å². The molecule has 0 heterocycles. The van der Waals surface area contributed by atoms with Gasteiger partial charge in [0.2, 0.25) is 0 Å². The Morgan fingerprint density at radius 3 is 0.827 bits per heavy atom. The second kappa shape index (κ2) is 44.6. The maximum absolute atomic E-state index is 11.3. The molecule has 2 heteroatoms. The van der Waals surface area contributed by atoms with Gasteiger partial charge in [-0.2, -0.15) is 0 Å². The molecule has 310 valence electrons. The summed E-state index contributed by atoms with van der Waals surface area (Å²) in [5, 5.41) is 0. The highest BCUT2D eigenvalue weighted by Gasteiger charge is 2.04. The van der Waals surface area contributed by atoms with Crippen LogP contribution in [0.4, 0.5) is 0 Å². The molecule has 0 aliphatic heterocycles. The molecule has 0 amide bonds. The molecule has 0 aromatic carbocycles. The Morgan fingerprint density at radius 2 is 0.596 bits per heavy atom. The Kier molecular flexibility index (Phi) is 43.9. The highest BCUT2D eigenvalue weighted by molar-refractivity contribution is 5.86. The summed E-state index contributed by atoms with van der Waals surface area (Å²) in [4.78, 5) is 11.3. The molecule has 0 radical (unpaired) electrons. The topological polar surface area (TPSA) is 26.3 Å². The zero-order valence-electron chi connectivity index (χ0n) is 36.5. The quantitative estimate of drug-likeness (QED) is 0.0354. The van der Waals surface area contributed by atoms with E-state index < -0.39 is 0 Å². The van der Waals surface area contributed by atoms with Crippen LogP contribution in [0, 0.1) is 5.92 Å². The first-order valence-corrected chi connectivity index (χ1v) is 24.4. The number of rotatable bonds is 45. The summed E-state index contributed by atoms with van der Waals surface area (Å²) in [7, 11) is 0. The van der Waals surface area contributed by atoms with Crippen molar-refractivity contribution in [1.82, 2.24) is 0 Å². The van der Waals surface area contributed by atoms with Gasteiger partial charge in [-0.1, -0.05) is 284 Å². The van der Waals surface area contributed by atoms with Gasteiger partial charge in [0, 0.05) is 5.57 Å². The lowest BCUT2D eigenvalue weighted by molar-refractivity contribution is -0.139. The maximum Gasteiger partial charge on any atom is 0.333 e. The van der Waals surface area contributed by atoms with Crippen molar-refractivity contribution in [2.24, 2.45) is 5.92 Å². The molecule has 0 rings (SSSR count). The van der Waals surface area contributed by atoms with Crippen LogP contribution in [0.5, 0.6) is 0 Å². The zero-order chi connectivity index (χ0) is 37.8. The molecule has 52 heavy (non-hydrogen) atoms. The Balaban J connectivity index is 3.15. The van der Waals surface area contributed by atoms with E-state index in [-0.39, 0.29) is 5.97 Å². The normalized spacial score (nSPS) is 12.1. The number of carbonyl (C=O) groups is 1. The van der Waals surface area contributed by atoms with E-state index in [0.717, 1.165) is 12.3 Å². The van der Waals surface area contributed by atoms with Gasteiger partial charge in [0.1, 0.15) is 0 Å². The third-order valence-corrected chi connectivity index (χ3v) is 11.7. The van der Waals surface area contributed by atoms with Crippen molar-refractivity contribution >= 4 is 5.97 Å². The summed E-state index contributed by atoms with van der Waals surface area (Å²) in [6.07, 6.45) is 60.3. The summed E-state index contributed by atoms with van der Waals surface area (Å²) < 4.78 is 5.15. The molecular weight excluding hydrogens is 633 g/mol. The van der Waals surface area contributed by atoms with Gasteiger partial charge in [-0.15, -0.1) is 0 Å².